The Balaban J connectivity index is 1.92. The molecule has 0 spiro atoms. The number of halogens is 1. The van der Waals surface area contributed by atoms with Gasteiger partial charge in [0.1, 0.15) is 5.82 Å². The van der Waals surface area contributed by atoms with Crippen molar-refractivity contribution in [2.24, 2.45) is 5.92 Å². The molecule has 2 aromatic heterocycles. The van der Waals surface area contributed by atoms with Crippen molar-refractivity contribution in [1.29, 1.82) is 0 Å². The van der Waals surface area contributed by atoms with Crippen molar-refractivity contribution < 1.29 is 4.79 Å². The Morgan fingerprint density at radius 1 is 1.43 bits per heavy atom. The Labute approximate surface area is 127 Å². The number of nitrogen functional groups attached to an aromatic ring is 1. The van der Waals surface area contributed by atoms with Gasteiger partial charge in [0.2, 0.25) is 5.91 Å². The molecule has 0 aromatic carbocycles. The molecule has 108 valence electrons. The van der Waals surface area contributed by atoms with E-state index >= 15 is 0 Å². The minimum Gasteiger partial charge on any atom is -0.396 e. The van der Waals surface area contributed by atoms with Crippen LogP contribution >= 0.6 is 11.6 Å². The van der Waals surface area contributed by atoms with E-state index < -0.39 is 0 Å². The van der Waals surface area contributed by atoms with Crippen molar-refractivity contribution in [3.63, 3.8) is 0 Å². The second-order valence-electron chi connectivity index (χ2n) is 5.19. The van der Waals surface area contributed by atoms with E-state index in [1.54, 1.807) is 12.4 Å². The van der Waals surface area contributed by atoms with Crippen LogP contribution in [-0.2, 0) is 4.79 Å². The summed E-state index contributed by atoms with van der Waals surface area (Å²) < 4.78 is 0. The van der Waals surface area contributed by atoms with Gasteiger partial charge in [0.25, 0.3) is 0 Å². The van der Waals surface area contributed by atoms with Crippen LogP contribution in [0.2, 0.25) is 5.15 Å². The fourth-order valence-electron chi connectivity index (χ4n) is 2.12. The van der Waals surface area contributed by atoms with Crippen LogP contribution in [0.4, 0.5) is 11.5 Å². The number of hydrogen-bond donors (Lipinski definition) is 2. The summed E-state index contributed by atoms with van der Waals surface area (Å²) in [6.45, 7) is 1.89. The lowest BCUT2D eigenvalue weighted by Crippen LogP contribution is -2.14. The summed E-state index contributed by atoms with van der Waals surface area (Å²) in [5.41, 5.74) is 9.01. The van der Waals surface area contributed by atoms with Gasteiger partial charge in [-0.05, 0) is 43.0 Å². The molecule has 1 aliphatic carbocycles. The highest BCUT2D eigenvalue weighted by Gasteiger charge is 2.29. The molecule has 3 N–H and O–H groups in total. The smallest absolute Gasteiger partial charge is 0.228 e. The lowest BCUT2D eigenvalue weighted by molar-refractivity contribution is -0.117. The first-order valence-electron chi connectivity index (χ1n) is 6.74. The molecule has 3 rings (SSSR count). The first-order valence-corrected chi connectivity index (χ1v) is 7.12. The number of amides is 1. The number of pyridine rings is 2. The lowest BCUT2D eigenvalue weighted by atomic mass is 10.0. The van der Waals surface area contributed by atoms with Crippen LogP contribution in [0.1, 0.15) is 18.4 Å². The second kappa shape index (κ2) is 5.33. The molecule has 1 fully saturated rings. The van der Waals surface area contributed by atoms with Crippen molar-refractivity contribution in [2.45, 2.75) is 19.8 Å². The molecule has 0 radical (unpaired) electrons. The molecule has 2 heterocycles. The van der Waals surface area contributed by atoms with Gasteiger partial charge in [0.05, 0.1) is 5.69 Å². The van der Waals surface area contributed by atoms with Gasteiger partial charge in [-0.3, -0.25) is 4.79 Å². The molecule has 5 nitrogen and oxygen atoms in total. The highest BCUT2D eigenvalue weighted by atomic mass is 35.5. The number of carbonyl (C=O) groups excluding carboxylic acids is 1. The van der Waals surface area contributed by atoms with Crippen molar-refractivity contribution >= 4 is 29.0 Å². The maximum atomic E-state index is 11.8. The average molecular weight is 303 g/mol. The summed E-state index contributed by atoms with van der Waals surface area (Å²) >= 11 is 5.91. The van der Waals surface area contributed by atoms with Crippen LogP contribution < -0.4 is 11.1 Å². The molecular formula is C15H15ClN4O. The minimum absolute atomic E-state index is 0.0325. The average Bonchev–Trinajstić information content (AvgIpc) is 3.30. The van der Waals surface area contributed by atoms with Crippen LogP contribution in [-0.4, -0.2) is 15.9 Å². The molecule has 0 saturated heterocycles. The van der Waals surface area contributed by atoms with Crippen LogP contribution in [0.5, 0.6) is 0 Å². The van der Waals surface area contributed by atoms with E-state index in [1.807, 2.05) is 19.1 Å². The predicted molar refractivity (Wildman–Crippen MR) is 83.0 cm³/mol. The van der Waals surface area contributed by atoms with E-state index in [9.17, 15) is 4.79 Å². The maximum Gasteiger partial charge on any atom is 0.228 e. The normalized spacial score (nSPS) is 14.0. The molecule has 0 unspecified atom stereocenters. The van der Waals surface area contributed by atoms with Crippen molar-refractivity contribution in [1.82, 2.24) is 9.97 Å². The Kier molecular flexibility index (Phi) is 3.51. The van der Waals surface area contributed by atoms with Gasteiger partial charge in [-0.2, -0.15) is 0 Å². The van der Waals surface area contributed by atoms with E-state index in [0.29, 0.717) is 16.7 Å². The van der Waals surface area contributed by atoms with E-state index in [2.05, 4.69) is 15.3 Å². The number of nitrogens with two attached hydrogens (primary N) is 1. The molecule has 1 amide bonds. The van der Waals surface area contributed by atoms with Crippen LogP contribution in [0.25, 0.3) is 11.1 Å². The van der Waals surface area contributed by atoms with Gasteiger partial charge in [-0.1, -0.05) is 11.6 Å². The third-order valence-electron chi connectivity index (χ3n) is 3.61. The zero-order valence-corrected chi connectivity index (χ0v) is 12.3. The maximum absolute atomic E-state index is 11.8. The molecule has 1 aliphatic rings. The number of anilines is 2. The molecule has 21 heavy (non-hydrogen) atoms. The van der Waals surface area contributed by atoms with Gasteiger partial charge in [0.15, 0.2) is 5.15 Å². The van der Waals surface area contributed by atoms with Crippen LogP contribution in [0, 0.1) is 12.8 Å². The first kappa shape index (κ1) is 13.8. The minimum atomic E-state index is 0.0325. The van der Waals surface area contributed by atoms with Crippen molar-refractivity contribution in [2.75, 3.05) is 11.1 Å². The monoisotopic (exact) mass is 302 g/mol. The zero-order valence-electron chi connectivity index (χ0n) is 11.6. The Hall–Kier alpha value is -2.14. The largest absolute Gasteiger partial charge is 0.396 e. The van der Waals surface area contributed by atoms with Crippen LogP contribution in [0.15, 0.2) is 24.5 Å². The molecule has 0 aliphatic heterocycles. The predicted octanol–water partition coefficient (Wildman–Crippen LogP) is 3.04. The van der Waals surface area contributed by atoms with Gasteiger partial charge in [-0.15, -0.1) is 0 Å². The summed E-state index contributed by atoms with van der Waals surface area (Å²) in [4.78, 5) is 20.0. The summed E-state index contributed by atoms with van der Waals surface area (Å²) in [5, 5.41) is 3.13. The quantitative estimate of drug-likeness (QED) is 0.854. The lowest BCUT2D eigenvalue weighted by Gasteiger charge is -2.10. The van der Waals surface area contributed by atoms with Gasteiger partial charge in [0, 0.05) is 23.9 Å². The van der Waals surface area contributed by atoms with Gasteiger partial charge < -0.3 is 11.1 Å². The number of rotatable bonds is 3. The highest BCUT2D eigenvalue weighted by molar-refractivity contribution is 6.32. The first-order chi connectivity index (χ1) is 10.1. The van der Waals surface area contributed by atoms with Crippen molar-refractivity contribution in [3.8, 4) is 11.1 Å². The van der Waals surface area contributed by atoms with E-state index in [0.717, 1.165) is 29.5 Å². The summed E-state index contributed by atoms with van der Waals surface area (Å²) in [6.07, 6.45) is 5.25. The molecular weight excluding hydrogens is 288 g/mol. The third-order valence-corrected chi connectivity index (χ3v) is 3.91. The molecule has 6 heteroatoms. The number of nitrogens with one attached hydrogen (secondary N) is 1. The Bertz CT molecular complexity index is 713. The standard InChI is InChI=1S/C15H15ClN4O/c1-8-11(7-19-14(16)13(8)17)10-4-5-18-12(6-10)20-15(21)9-2-3-9/h4-7,9H,2-3,17H2,1H3,(H,18,20,21). The highest BCUT2D eigenvalue weighted by Crippen LogP contribution is 2.32. The Morgan fingerprint density at radius 3 is 2.90 bits per heavy atom. The van der Waals surface area contributed by atoms with E-state index in [4.69, 9.17) is 17.3 Å². The molecule has 0 atom stereocenters. The Morgan fingerprint density at radius 2 is 2.19 bits per heavy atom. The van der Waals surface area contributed by atoms with E-state index in [1.165, 1.54) is 0 Å². The fourth-order valence-corrected chi connectivity index (χ4v) is 2.31. The number of nitrogens with zero attached hydrogens (tertiary/aromatic N) is 2. The van der Waals surface area contributed by atoms with Crippen molar-refractivity contribution in [3.05, 3.63) is 35.2 Å². The number of hydrogen-bond acceptors (Lipinski definition) is 4. The number of carbonyl (C=O) groups is 1. The second-order valence-corrected chi connectivity index (χ2v) is 5.55. The third kappa shape index (κ3) is 2.83. The molecule has 2 aromatic rings. The topological polar surface area (TPSA) is 80.9 Å². The summed E-state index contributed by atoms with van der Waals surface area (Å²) in [6, 6.07) is 3.67. The van der Waals surface area contributed by atoms with Gasteiger partial charge in [-0.25, -0.2) is 9.97 Å². The molecule has 1 saturated carbocycles. The van der Waals surface area contributed by atoms with E-state index in [-0.39, 0.29) is 11.8 Å². The summed E-state index contributed by atoms with van der Waals surface area (Å²) in [5.74, 6) is 0.715. The summed E-state index contributed by atoms with van der Waals surface area (Å²) in [7, 11) is 0. The SMILES string of the molecule is Cc1c(-c2ccnc(NC(=O)C3CC3)c2)cnc(Cl)c1N. The van der Waals surface area contributed by atoms with Crippen LogP contribution in [0.3, 0.4) is 0 Å². The molecule has 0 bridgehead atoms. The fraction of sp³-hybridized carbons (Fsp3) is 0.267. The zero-order chi connectivity index (χ0) is 15.0. The number of aromatic nitrogens is 2. The van der Waals surface area contributed by atoms with Gasteiger partial charge >= 0.3 is 0 Å².